The van der Waals surface area contributed by atoms with Crippen LogP contribution in [0.4, 0.5) is 5.00 Å². The molecule has 0 radical (unpaired) electrons. The molecule has 7 heteroatoms. The summed E-state index contributed by atoms with van der Waals surface area (Å²) in [5.74, 6) is 0.143. The summed E-state index contributed by atoms with van der Waals surface area (Å²) in [7, 11) is 2.05. The molecule has 1 aromatic carbocycles. The third-order valence-electron chi connectivity index (χ3n) is 4.09. The van der Waals surface area contributed by atoms with Crippen LogP contribution in [-0.2, 0) is 17.8 Å². The van der Waals surface area contributed by atoms with Crippen molar-refractivity contribution >= 4 is 39.9 Å². The van der Waals surface area contributed by atoms with E-state index in [0.29, 0.717) is 22.7 Å². The molecule has 0 fully saturated rings. The molecule has 0 bridgehead atoms. The first kappa shape index (κ1) is 18.0. The van der Waals surface area contributed by atoms with E-state index >= 15 is 0 Å². The van der Waals surface area contributed by atoms with Crippen LogP contribution in [0.3, 0.4) is 0 Å². The Labute approximate surface area is 155 Å². The largest absolute Gasteiger partial charge is 0.365 e. The maximum Gasteiger partial charge on any atom is 0.251 e. The van der Waals surface area contributed by atoms with Crippen LogP contribution < -0.4 is 11.1 Å². The highest BCUT2D eigenvalue weighted by molar-refractivity contribution is 7.99. The first-order valence-corrected chi connectivity index (χ1v) is 9.95. The van der Waals surface area contributed by atoms with Crippen molar-refractivity contribution in [3.8, 4) is 0 Å². The molecule has 1 aliphatic rings. The van der Waals surface area contributed by atoms with Gasteiger partial charge in [0.15, 0.2) is 0 Å². The summed E-state index contributed by atoms with van der Waals surface area (Å²) in [6.07, 6.45) is 1.18. The summed E-state index contributed by atoms with van der Waals surface area (Å²) >= 11 is 3.11. The monoisotopic (exact) mass is 375 g/mol. The molecule has 2 amide bonds. The number of thioether (sulfide) groups is 1. The molecule has 0 saturated heterocycles. The van der Waals surface area contributed by atoms with Gasteiger partial charge in [0.25, 0.3) is 5.91 Å². The normalized spacial score (nSPS) is 14.1. The maximum atomic E-state index is 12.3. The molecule has 2 aromatic rings. The van der Waals surface area contributed by atoms with Crippen molar-refractivity contribution in [1.82, 2.24) is 4.90 Å². The van der Waals surface area contributed by atoms with Gasteiger partial charge in [-0.2, -0.15) is 0 Å². The van der Waals surface area contributed by atoms with Crippen LogP contribution in [0.15, 0.2) is 35.2 Å². The van der Waals surface area contributed by atoms with Crippen molar-refractivity contribution < 1.29 is 9.59 Å². The first-order chi connectivity index (χ1) is 12.0. The number of fused-ring (bicyclic) bond motifs is 1. The fraction of sp³-hybridized carbons (Fsp3) is 0.333. The Morgan fingerprint density at radius 3 is 2.80 bits per heavy atom. The first-order valence-electron chi connectivity index (χ1n) is 8.15. The number of likely N-dealkylation sites (N-methyl/N-ethyl adjacent to an activating group) is 1. The second-order valence-corrected chi connectivity index (χ2v) is 8.29. The molecule has 1 aliphatic heterocycles. The number of carbonyl (C=O) groups excluding carboxylic acids is 2. The molecular formula is C18H21N3O2S2. The molecular weight excluding hydrogens is 354 g/mol. The van der Waals surface area contributed by atoms with Crippen molar-refractivity contribution in [3.05, 3.63) is 46.3 Å². The Morgan fingerprint density at radius 2 is 2.08 bits per heavy atom. The van der Waals surface area contributed by atoms with Gasteiger partial charge in [-0.15, -0.1) is 23.1 Å². The maximum absolute atomic E-state index is 12.3. The number of rotatable bonds is 6. The summed E-state index contributed by atoms with van der Waals surface area (Å²) in [6.45, 7) is 1.69. The van der Waals surface area contributed by atoms with E-state index in [1.165, 1.54) is 11.3 Å². The van der Waals surface area contributed by atoms with Gasteiger partial charge in [-0.05, 0) is 31.2 Å². The molecule has 1 aromatic heterocycles. The van der Waals surface area contributed by atoms with Gasteiger partial charge in [0.1, 0.15) is 5.00 Å². The Morgan fingerprint density at radius 1 is 1.32 bits per heavy atom. The quantitative estimate of drug-likeness (QED) is 0.761. The topological polar surface area (TPSA) is 75.4 Å². The summed E-state index contributed by atoms with van der Waals surface area (Å²) < 4.78 is 0. The zero-order chi connectivity index (χ0) is 17.8. The molecule has 0 unspecified atom stereocenters. The third-order valence-corrected chi connectivity index (χ3v) is 6.23. The molecule has 0 atom stereocenters. The van der Waals surface area contributed by atoms with Gasteiger partial charge >= 0.3 is 0 Å². The van der Waals surface area contributed by atoms with E-state index in [0.717, 1.165) is 34.8 Å². The predicted molar refractivity (Wildman–Crippen MR) is 103 cm³/mol. The number of amides is 2. The van der Waals surface area contributed by atoms with E-state index in [4.69, 9.17) is 5.73 Å². The zero-order valence-corrected chi connectivity index (χ0v) is 15.7. The number of hydrogen-bond donors (Lipinski definition) is 2. The smallest absolute Gasteiger partial charge is 0.251 e. The number of hydrogen-bond acceptors (Lipinski definition) is 5. The molecule has 5 nitrogen and oxygen atoms in total. The van der Waals surface area contributed by atoms with E-state index in [1.54, 1.807) is 11.8 Å². The second-order valence-electron chi connectivity index (χ2n) is 6.02. The Balaban J connectivity index is 1.64. The van der Waals surface area contributed by atoms with E-state index in [-0.39, 0.29) is 5.91 Å². The molecule has 3 N–H and O–H groups in total. The van der Waals surface area contributed by atoms with Crippen LogP contribution in [0.2, 0.25) is 0 Å². The molecule has 0 saturated carbocycles. The number of carbonyl (C=O) groups is 2. The van der Waals surface area contributed by atoms with Gasteiger partial charge in [0.05, 0.1) is 5.56 Å². The Hall–Kier alpha value is -1.83. The molecule has 25 heavy (non-hydrogen) atoms. The minimum atomic E-state index is -0.462. The minimum Gasteiger partial charge on any atom is -0.365 e. The van der Waals surface area contributed by atoms with Crippen LogP contribution in [0.25, 0.3) is 0 Å². The molecule has 0 spiro atoms. The van der Waals surface area contributed by atoms with Gasteiger partial charge in [-0.25, -0.2) is 0 Å². The number of nitrogens with one attached hydrogen (secondary N) is 1. The van der Waals surface area contributed by atoms with Crippen molar-refractivity contribution in [3.63, 3.8) is 0 Å². The highest BCUT2D eigenvalue weighted by atomic mass is 32.2. The second kappa shape index (κ2) is 8.03. The SMILES string of the molecule is CN1CCc2c(sc(NC(=O)CCSc3ccccc3)c2C(N)=O)C1. The highest BCUT2D eigenvalue weighted by Crippen LogP contribution is 2.36. The fourth-order valence-corrected chi connectivity index (χ4v) is 5.07. The van der Waals surface area contributed by atoms with Crippen LogP contribution in [-0.4, -0.2) is 36.1 Å². The Kier molecular flexibility index (Phi) is 5.78. The lowest BCUT2D eigenvalue weighted by Crippen LogP contribution is -2.27. The Bertz CT molecular complexity index is 774. The summed E-state index contributed by atoms with van der Waals surface area (Å²) in [4.78, 5) is 28.6. The van der Waals surface area contributed by atoms with E-state index in [9.17, 15) is 9.59 Å². The lowest BCUT2D eigenvalue weighted by atomic mass is 10.0. The predicted octanol–water partition coefficient (Wildman–Crippen LogP) is 2.96. The van der Waals surface area contributed by atoms with E-state index < -0.39 is 5.91 Å². The van der Waals surface area contributed by atoms with Crippen LogP contribution in [0, 0.1) is 0 Å². The van der Waals surface area contributed by atoms with Crippen LogP contribution in [0.1, 0.15) is 27.2 Å². The number of anilines is 1. The fourth-order valence-electron chi connectivity index (χ4n) is 2.85. The molecule has 132 valence electrons. The lowest BCUT2D eigenvalue weighted by molar-refractivity contribution is -0.115. The van der Waals surface area contributed by atoms with E-state index in [1.807, 2.05) is 37.4 Å². The number of nitrogens with zero attached hydrogens (tertiary/aromatic N) is 1. The van der Waals surface area contributed by atoms with E-state index in [2.05, 4.69) is 10.2 Å². The summed E-state index contributed by atoms with van der Waals surface area (Å²) in [5, 5.41) is 3.50. The lowest BCUT2D eigenvalue weighted by Gasteiger charge is -2.22. The number of thiophene rings is 1. The third kappa shape index (κ3) is 4.42. The standard InChI is InChI=1S/C18H21N3O2S2/c1-21-9-7-13-14(11-21)25-18(16(13)17(19)23)20-15(22)8-10-24-12-5-3-2-4-6-12/h2-6H,7-11H2,1H3,(H2,19,23)(H,20,22). The summed E-state index contributed by atoms with van der Waals surface area (Å²) in [5.41, 5.74) is 7.07. The van der Waals surface area contributed by atoms with Gasteiger partial charge in [0, 0.05) is 35.0 Å². The average molecular weight is 376 g/mol. The van der Waals surface area contributed by atoms with Crippen molar-refractivity contribution in [2.24, 2.45) is 5.73 Å². The van der Waals surface area contributed by atoms with Gasteiger partial charge in [-0.1, -0.05) is 18.2 Å². The number of benzene rings is 1. The minimum absolute atomic E-state index is 0.0853. The van der Waals surface area contributed by atoms with Crippen molar-refractivity contribution in [2.45, 2.75) is 24.3 Å². The molecule has 2 heterocycles. The van der Waals surface area contributed by atoms with Gasteiger partial charge in [0.2, 0.25) is 5.91 Å². The molecule has 3 rings (SSSR count). The summed E-state index contributed by atoms with van der Waals surface area (Å²) in [6, 6.07) is 9.98. The van der Waals surface area contributed by atoms with Crippen LogP contribution in [0.5, 0.6) is 0 Å². The van der Waals surface area contributed by atoms with Crippen LogP contribution >= 0.6 is 23.1 Å². The number of primary amides is 1. The highest BCUT2D eigenvalue weighted by Gasteiger charge is 2.26. The van der Waals surface area contributed by atoms with Gasteiger partial charge in [-0.3, -0.25) is 9.59 Å². The zero-order valence-electron chi connectivity index (χ0n) is 14.1. The number of nitrogens with two attached hydrogens (primary N) is 1. The molecule has 0 aliphatic carbocycles. The average Bonchev–Trinajstić information content (AvgIpc) is 2.92. The van der Waals surface area contributed by atoms with Crippen molar-refractivity contribution in [2.75, 3.05) is 24.7 Å². The van der Waals surface area contributed by atoms with Crippen molar-refractivity contribution in [1.29, 1.82) is 0 Å². The van der Waals surface area contributed by atoms with Gasteiger partial charge < -0.3 is 16.0 Å².